The topological polar surface area (TPSA) is 69.6 Å². The van der Waals surface area contributed by atoms with Crippen LogP contribution >= 0.6 is 0 Å². The SMILES string of the molecule is O=C1CN(C2CCN(c3ccncn3)CC2)C(=O)N1c1ccccc1. The second-order valence-corrected chi connectivity index (χ2v) is 6.26. The highest BCUT2D eigenvalue weighted by atomic mass is 16.2. The van der Waals surface area contributed by atoms with Crippen molar-refractivity contribution in [1.82, 2.24) is 14.9 Å². The number of carbonyl (C=O) groups is 2. The summed E-state index contributed by atoms with van der Waals surface area (Å²) >= 11 is 0. The van der Waals surface area contributed by atoms with E-state index in [0.717, 1.165) is 31.7 Å². The Bertz CT molecular complexity index is 760. The Morgan fingerprint density at radius 1 is 1.00 bits per heavy atom. The number of imide groups is 1. The number of hydrogen-bond donors (Lipinski definition) is 0. The Hall–Kier alpha value is -2.96. The lowest BCUT2D eigenvalue weighted by Crippen LogP contribution is -2.46. The van der Waals surface area contributed by atoms with Crippen molar-refractivity contribution in [1.29, 1.82) is 0 Å². The van der Waals surface area contributed by atoms with E-state index in [1.807, 2.05) is 24.3 Å². The molecule has 3 heterocycles. The van der Waals surface area contributed by atoms with Gasteiger partial charge < -0.3 is 9.80 Å². The van der Waals surface area contributed by atoms with Crippen molar-refractivity contribution in [2.24, 2.45) is 0 Å². The lowest BCUT2D eigenvalue weighted by molar-refractivity contribution is -0.116. The first kappa shape index (κ1) is 15.6. The van der Waals surface area contributed by atoms with Gasteiger partial charge in [-0.3, -0.25) is 4.79 Å². The minimum atomic E-state index is -0.211. The summed E-state index contributed by atoms with van der Waals surface area (Å²) in [5, 5.41) is 0. The summed E-state index contributed by atoms with van der Waals surface area (Å²) in [5.41, 5.74) is 0.637. The summed E-state index contributed by atoms with van der Waals surface area (Å²) in [5.74, 6) is 0.748. The van der Waals surface area contributed by atoms with Gasteiger partial charge in [0.1, 0.15) is 18.7 Å². The summed E-state index contributed by atoms with van der Waals surface area (Å²) in [7, 11) is 0. The van der Waals surface area contributed by atoms with Gasteiger partial charge in [-0.1, -0.05) is 18.2 Å². The monoisotopic (exact) mass is 337 g/mol. The molecule has 4 rings (SSSR count). The molecule has 0 N–H and O–H groups in total. The van der Waals surface area contributed by atoms with E-state index in [1.54, 1.807) is 29.6 Å². The van der Waals surface area contributed by atoms with Crippen molar-refractivity contribution in [3.63, 3.8) is 0 Å². The van der Waals surface area contributed by atoms with E-state index in [2.05, 4.69) is 14.9 Å². The largest absolute Gasteiger partial charge is 0.356 e. The molecule has 2 aliphatic rings. The van der Waals surface area contributed by atoms with Crippen molar-refractivity contribution in [3.8, 4) is 0 Å². The van der Waals surface area contributed by atoms with E-state index in [1.165, 1.54) is 4.90 Å². The van der Waals surface area contributed by atoms with E-state index in [0.29, 0.717) is 5.69 Å². The van der Waals surface area contributed by atoms with Gasteiger partial charge in [-0.15, -0.1) is 0 Å². The van der Waals surface area contributed by atoms with E-state index in [-0.39, 0.29) is 24.5 Å². The Balaban J connectivity index is 1.44. The number of anilines is 2. The number of hydrogen-bond acceptors (Lipinski definition) is 5. The highest BCUT2D eigenvalue weighted by Crippen LogP contribution is 2.27. The fourth-order valence-electron chi connectivity index (χ4n) is 3.51. The Morgan fingerprint density at radius 2 is 1.76 bits per heavy atom. The maximum atomic E-state index is 12.8. The molecule has 1 aromatic heterocycles. The van der Waals surface area contributed by atoms with Crippen LogP contribution in [0, 0.1) is 0 Å². The second kappa shape index (κ2) is 6.51. The average Bonchev–Trinajstić information content (AvgIpc) is 2.97. The fourth-order valence-corrected chi connectivity index (χ4v) is 3.51. The van der Waals surface area contributed by atoms with Gasteiger partial charge in [0, 0.05) is 25.3 Å². The van der Waals surface area contributed by atoms with Gasteiger partial charge in [-0.2, -0.15) is 0 Å². The fraction of sp³-hybridized carbons (Fsp3) is 0.333. The summed E-state index contributed by atoms with van der Waals surface area (Å²) in [6, 6.07) is 10.9. The third kappa shape index (κ3) is 2.93. The lowest BCUT2D eigenvalue weighted by atomic mass is 10.0. The van der Waals surface area contributed by atoms with Gasteiger partial charge in [0.15, 0.2) is 0 Å². The summed E-state index contributed by atoms with van der Waals surface area (Å²) in [6.07, 6.45) is 4.92. The van der Waals surface area contributed by atoms with Crippen LogP contribution in [-0.4, -0.2) is 52.5 Å². The number of aromatic nitrogens is 2. The summed E-state index contributed by atoms with van der Waals surface area (Å²) in [6.45, 7) is 1.78. The van der Waals surface area contributed by atoms with Crippen LogP contribution in [0.4, 0.5) is 16.3 Å². The van der Waals surface area contributed by atoms with E-state index in [4.69, 9.17) is 0 Å². The first-order valence-corrected chi connectivity index (χ1v) is 8.43. The first-order chi connectivity index (χ1) is 12.2. The molecule has 7 heteroatoms. The van der Waals surface area contributed by atoms with Crippen molar-refractivity contribution in [2.75, 3.05) is 29.4 Å². The first-order valence-electron chi connectivity index (χ1n) is 8.43. The molecule has 7 nitrogen and oxygen atoms in total. The molecular weight excluding hydrogens is 318 g/mol. The van der Waals surface area contributed by atoms with Crippen LogP contribution in [0.5, 0.6) is 0 Å². The van der Waals surface area contributed by atoms with Gasteiger partial charge in [0.05, 0.1) is 5.69 Å². The van der Waals surface area contributed by atoms with Gasteiger partial charge >= 0.3 is 6.03 Å². The van der Waals surface area contributed by atoms with Crippen molar-refractivity contribution < 1.29 is 9.59 Å². The molecule has 2 aromatic rings. The molecule has 0 radical (unpaired) electrons. The Kier molecular flexibility index (Phi) is 4.05. The predicted molar refractivity (Wildman–Crippen MR) is 93.3 cm³/mol. The van der Waals surface area contributed by atoms with E-state index in [9.17, 15) is 9.59 Å². The molecular formula is C18H19N5O2. The molecule has 0 spiro atoms. The standard InChI is InChI=1S/C18H19N5O2/c24-17-12-22(18(25)23(17)15-4-2-1-3-5-15)14-7-10-21(11-8-14)16-6-9-19-13-20-16/h1-6,9,13-14H,7-8,10-12H2. The molecule has 2 aliphatic heterocycles. The van der Waals surface area contributed by atoms with Crippen LogP contribution in [0.2, 0.25) is 0 Å². The molecule has 3 amide bonds. The number of nitrogens with zero attached hydrogens (tertiary/aromatic N) is 5. The van der Waals surface area contributed by atoms with E-state index < -0.39 is 0 Å². The van der Waals surface area contributed by atoms with Crippen molar-refractivity contribution in [3.05, 3.63) is 48.9 Å². The van der Waals surface area contributed by atoms with Crippen LogP contribution in [-0.2, 0) is 4.79 Å². The van der Waals surface area contributed by atoms with Crippen molar-refractivity contribution >= 4 is 23.4 Å². The summed E-state index contributed by atoms with van der Waals surface area (Å²) < 4.78 is 0. The molecule has 2 fully saturated rings. The molecule has 0 bridgehead atoms. The molecule has 128 valence electrons. The van der Waals surface area contributed by atoms with Crippen LogP contribution in [0.25, 0.3) is 0 Å². The number of para-hydroxylation sites is 1. The molecule has 1 aromatic carbocycles. The zero-order valence-electron chi connectivity index (χ0n) is 13.8. The number of carbonyl (C=O) groups excluding carboxylic acids is 2. The molecule has 0 unspecified atom stereocenters. The Labute approximate surface area is 145 Å². The van der Waals surface area contributed by atoms with Gasteiger partial charge in [-0.25, -0.2) is 19.7 Å². The van der Waals surface area contributed by atoms with Crippen LogP contribution < -0.4 is 9.80 Å². The third-order valence-electron chi connectivity index (χ3n) is 4.80. The maximum Gasteiger partial charge on any atom is 0.332 e. The minimum Gasteiger partial charge on any atom is -0.356 e. The van der Waals surface area contributed by atoms with Crippen LogP contribution in [0.1, 0.15) is 12.8 Å². The average molecular weight is 337 g/mol. The molecule has 25 heavy (non-hydrogen) atoms. The van der Waals surface area contributed by atoms with Crippen LogP contribution in [0.3, 0.4) is 0 Å². The maximum absolute atomic E-state index is 12.8. The number of piperidine rings is 1. The Morgan fingerprint density at radius 3 is 2.44 bits per heavy atom. The number of rotatable bonds is 3. The van der Waals surface area contributed by atoms with Crippen LogP contribution in [0.15, 0.2) is 48.9 Å². The number of benzene rings is 1. The summed E-state index contributed by atoms with van der Waals surface area (Å²) in [4.78, 5) is 38.5. The minimum absolute atomic E-state index is 0.0863. The quantitative estimate of drug-likeness (QED) is 0.800. The number of amides is 3. The third-order valence-corrected chi connectivity index (χ3v) is 4.80. The lowest BCUT2D eigenvalue weighted by Gasteiger charge is -2.36. The highest BCUT2D eigenvalue weighted by Gasteiger charge is 2.41. The van der Waals surface area contributed by atoms with Gasteiger partial charge in [-0.05, 0) is 31.0 Å². The normalized spacial score (nSPS) is 19.0. The van der Waals surface area contributed by atoms with Gasteiger partial charge in [0.25, 0.3) is 5.91 Å². The highest BCUT2D eigenvalue weighted by molar-refractivity contribution is 6.19. The molecule has 0 aliphatic carbocycles. The molecule has 0 atom stereocenters. The number of urea groups is 1. The second-order valence-electron chi connectivity index (χ2n) is 6.26. The molecule has 0 saturated carbocycles. The zero-order valence-corrected chi connectivity index (χ0v) is 13.8. The van der Waals surface area contributed by atoms with E-state index >= 15 is 0 Å². The van der Waals surface area contributed by atoms with Crippen molar-refractivity contribution in [2.45, 2.75) is 18.9 Å². The van der Waals surface area contributed by atoms with Gasteiger partial charge in [0.2, 0.25) is 0 Å². The molecule has 2 saturated heterocycles. The predicted octanol–water partition coefficient (Wildman–Crippen LogP) is 1.91. The zero-order chi connectivity index (χ0) is 17.2. The smallest absolute Gasteiger partial charge is 0.332 e.